The van der Waals surface area contributed by atoms with E-state index in [9.17, 15) is 4.39 Å². The lowest BCUT2D eigenvalue weighted by Crippen LogP contribution is -2.04. The number of rotatable bonds is 2. The molecule has 0 aliphatic rings. The number of nitrogens with zero attached hydrogens (tertiary/aromatic N) is 2. The molecule has 0 saturated carbocycles. The molecule has 3 nitrogen and oxygen atoms in total. The number of hydrogen-bond donors (Lipinski definition) is 1. The second-order valence-corrected chi connectivity index (χ2v) is 3.86. The van der Waals surface area contributed by atoms with E-state index < -0.39 is 0 Å². The number of imidazole rings is 1. The summed E-state index contributed by atoms with van der Waals surface area (Å²) >= 11 is 0. The Hall–Kier alpha value is -1.84. The average molecular weight is 219 g/mol. The van der Waals surface area contributed by atoms with Crippen molar-refractivity contribution in [2.24, 2.45) is 0 Å². The summed E-state index contributed by atoms with van der Waals surface area (Å²) in [6.07, 6.45) is 1.72. The number of nitrogens with two attached hydrogens (primary N) is 1. The topological polar surface area (TPSA) is 43.8 Å². The third-order valence-corrected chi connectivity index (χ3v) is 2.79. The molecule has 0 radical (unpaired) electrons. The zero-order chi connectivity index (χ0) is 11.7. The molecule has 2 aromatic rings. The zero-order valence-corrected chi connectivity index (χ0v) is 9.37. The first kappa shape index (κ1) is 10.7. The van der Waals surface area contributed by atoms with Crippen LogP contribution in [0.1, 0.15) is 17.0 Å². The van der Waals surface area contributed by atoms with Crippen molar-refractivity contribution in [2.45, 2.75) is 20.4 Å². The third-order valence-electron chi connectivity index (χ3n) is 2.79. The van der Waals surface area contributed by atoms with Crippen LogP contribution in [0.3, 0.4) is 0 Å². The third kappa shape index (κ3) is 1.78. The molecule has 0 bridgehead atoms. The summed E-state index contributed by atoms with van der Waals surface area (Å²) in [5.74, 6) is -0.340. The van der Waals surface area contributed by atoms with Gasteiger partial charge in [-0.05, 0) is 19.9 Å². The predicted octanol–water partition coefficient (Wildman–Crippen LogP) is 2.27. The highest BCUT2D eigenvalue weighted by atomic mass is 19.1. The Balaban J connectivity index is 2.34. The molecule has 0 saturated heterocycles. The lowest BCUT2D eigenvalue weighted by molar-refractivity contribution is 0.601. The van der Waals surface area contributed by atoms with Crippen LogP contribution in [0.15, 0.2) is 24.5 Å². The van der Waals surface area contributed by atoms with E-state index in [0.29, 0.717) is 12.1 Å². The second kappa shape index (κ2) is 3.96. The first-order valence-corrected chi connectivity index (χ1v) is 5.11. The fourth-order valence-corrected chi connectivity index (χ4v) is 1.61. The van der Waals surface area contributed by atoms with E-state index in [1.165, 1.54) is 0 Å². The maximum Gasteiger partial charge on any atom is 0.151 e. The molecule has 2 rings (SSSR count). The van der Waals surface area contributed by atoms with Gasteiger partial charge in [-0.15, -0.1) is 0 Å². The molecule has 0 unspecified atom stereocenters. The molecular weight excluding hydrogens is 205 g/mol. The number of anilines is 1. The van der Waals surface area contributed by atoms with Gasteiger partial charge in [-0.25, -0.2) is 9.37 Å². The predicted molar refractivity (Wildman–Crippen MR) is 61.6 cm³/mol. The van der Waals surface area contributed by atoms with Crippen LogP contribution < -0.4 is 5.73 Å². The summed E-state index contributed by atoms with van der Waals surface area (Å²) in [4.78, 5) is 4.17. The number of nitrogen functional groups attached to an aromatic ring is 1. The maximum atomic E-state index is 13.7. The molecule has 1 aromatic heterocycles. The van der Waals surface area contributed by atoms with Gasteiger partial charge in [0, 0.05) is 11.3 Å². The number of aromatic nitrogens is 2. The van der Waals surface area contributed by atoms with E-state index in [0.717, 1.165) is 11.4 Å². The summed E-state index contributed by atoms with van der Waals surface area (Å²) in [6.45, 7) is 4.36. The summed E-state index contributed by atoms with van der Waals surface area (Å²) in [6, 6.07) is 5.05. The van der Waals surface area contributed by atoms with Gasteiger partial charge in [-0.2, -0.15) is 0 Å². The van der Waals surface area contributed by atoms with Crippen molar-refractivity contribution < 1.29 is 4.39 Å². The Bertz CT molecular complexity index is 517. The molecule has 4 heteroatoms. The minimum absolute atomic E-state index is 0.187. The van der Waals surface area contributed by atoms with Gasteiger partial charge < -0.3 is 10.3 Å². The van der Waals surface area contributed by atoms with Crippen LogP contribution in [-0.4, -0.2) is 9.55 Å². The van der Waals surface area contributed by atoms with E-state index in [1.54, 1.807) is 24.5 Å². The van der Waals surface area contributed by atoms with Crippen molar-refractivity contribution in [1.82, 2.24) is 9.55 Å². The molecule has 1 heterocycles. The quantitative estimate of drug-likeness (QED) is 0.787. The molecule has 0 spiro atoms. The summed E-state index contributed by atoms with van der Waals surface area (Å²) in [5.41, 5.74) is 8.29. The molecule has 0 fully saturated rings. The number of halogens is 1. The molecule has 0 amide bonds. The Morgan fingerprint density at radius 2 is 2.12 bits per heavy atom. The highest BCUT2D eigenvalue weighted by Gasteiger charge is 2.08. The van der Waals surface area contributed by atoms with E-state index in [-0.39, 0.29) is 11.5 Å². The molecule has 84 valence electrons. The van der Waals surface area contributed by atoms with Gasteiger partial charge in [0.2, 0.25) is 0 Å². The van der Waals surface area contributed by atoms with Crippen LogP contribution in [0.25, 0.3) is 0 Å². The van der Waals surface area contributed by atoms with Crippen molar-refractivity contribution in [3.63, 3.8) is 0 Å². The van der Waals surface area contributed by atoms with Crippen molar-refractivity contribution in [1.29, 1.82) is 0 Å². The van der Waals surface area contributed by atoms with Crippen molar-refractivity contribution in [3.8, 4) is 0 Å². The normalized spacial score (nSPS) is 10.7. The van der Waals surface area contributed by atoms with Crippen LogP contribution in [0.4, 0.5) is 10.1 Å². The minimum Gasteiger partial charge on any atom is -0.396 e. The van der Waals surface area contributed by atoms with Crippen LogP contribution in [0.5, 0.6) is 0 Å². The van der Waals surface area contributed by atoms with Crippen LogP contribution >= 0.6 is 0 Å². The van der Waals surface area contributed by atoms with Gasteiger partial charge in [0.05, 0.1) is 24.3 Å². The molecular formula is C12H14FN3. The average Bonchev–Trinajstić information content (AvgIpc) is 2.57. The van der Waals surface area contributed by atoms with Crippen LogP contribution in [0, 0.1) is 19.7 Å². The van der Waals surface area contributed by atoms with Crippen molar-refractivity contribution in [2.75, 3.05) is 5.73 Å². The lowest BCUT2D eigenvalue weighted by atomic mass is 10.2. The summed E-state index contributed by atoms with van der Waals surface area (Å²) in [7, 11) is 0. The van der Waals surface area contributed by atoms with Gasteiger partial charge in [0.1, 0.15) is 0 Å². The molecule has 2 N–H and O–H groups in total. The van der Waals surface area contributed by atoms with E-state index in [2.05, 4.69) is 4.98 Å². The highest BCUT2D eigenvalue weighted by Crippen LogP contribution is 2.17. The smallest absolute Gasteiger partial charge is 0.151 e. The number of benzene rings is 1. The highest BCUT2D eigenvalue weighted by molar-refractivity contribution is 5.43. The first-order valence-electron chi connectivity index (χ1n) is 5.11. The summed E-state index contributed by atoms with van der Waals surface area (Å²) in [5, 5.41) is 0. The van der Waals surface area contributed by atoms with Gasteiger partial charge >= 0.3 is 0 Å². The summed E-state index contributed by atoms with van der Waals surface area (Å²) < 4.78 is 15.6. The second-order valence-electron chi connectivity index (χ2n) is 3.86. The van der Waals surface area contributed by atoms with Gasteiger partial charge in [0.15, 0.2) is 5.82 Å². The fourth-order valence-electron chi connectivity index (χ4n) is 1.61. The number of aryl methyl sites for hydroxylation is 1. The molecule has 0 aliphatic heterocycles. The largest absolute Gasteiger partial charge is 0.396 e. The Morgan fingerprint density at radius 3 is 2.75 bits per heavy atom. The standard InChI is InChI=1S/C12H14FN3/c1-8-9(2)16(7-15-8)6-10-4-3-5-11(14)12(10)13/h3-5,7H,6,14H2,1-2H3. The zero-order valence-electron chi connectivity index (χ0n) is 9.37. The van der Waals surface area contributed by atoms with E-state index >= 15 is 0 Å². The van der Waals surface area contributed by atoms with Crippen LogP contribution in [-0.2, 0) is 6.54 Å². The Kier molecular flexibility index (Phi) is 2.64. The van der Waals surface area contributed by atoms with Gasteiger partial charge in [-0.3, -0.25) is 0 Å². The molecule has 0 atom stereocenters. The van der Waals surface area contributed by atoms with Crippen molar-refractivity contribution >= 4 is 5.69 Å². The number of hydrogen-bond acceptors (Lipinski definition) is 2. The fraction of sp³-hybridized carbons (Fsp3) is 0.250. The van der Waals surface area contributed by atoms with E-state index in [1.807, 2.05) is 18.4 Å². The molecule has 16 heavy (non-hydrogen) atoms. The molecule has 1 aromatic carbocycles. The minimum atomic E-state index is -0.340. The Morgan fingerprint density at radius 1 is 1.38 bits per heavy atom. The van der Waals surface area contributed by atoms with Gasteiger partial charge in [-0.1, -0.05) is 12.1 Å². The van der Waals surface area contributed by atoms with E-state index in [4.69, 9.17) is 5.73 Å². The SMILES string of the molecule is Cc1ncn(Cc2cccc(N)c2F)c1C. The lowest BCUT2D eigenvalue weighted by Gasteiger charge is -2.08. The van der Waals surface area contributed by atoms with Crippen LogP contribution in [0.2, 0.25) is 0 Å². The monoisotopic (exact) mass is 219 g/mol. The van der Waals surface area contributed by atoms with Crippen molar-refractivity contribution in [3.05, 3.63) is 47.3 Å². The maximum absolute atomic E-state index is 13.7. The first-order chi connectivity index (χ1) is 7.59. The Labute approximate surface area is 93.7 Å². The molecule has 0 aliphatic carbocycles. The van der Waals surface area contributed by atoms with Gasteiger partial charge in [0.25, 0.3) is 0 Å².